The standard InChI is InChI=1S/C18H24ClNO2/c1-12-4-3-5-16(13(12)2)20-18(22)11-10-17(21)14-6-8-15(19)9-7-14/h6-9,12-13,16H,3-5,10-11H2,1-2H3,(H,20,22)/t12-,13-,16-/m1/s1. The fraction of sp³-hybridized carbons (Fsp3) is 0.556. The Morgan fingerprint density at radius 1 is 1.14 bits per heavy atom. The number of hydrogen-bond acceptors (Lipinski definition) is 2. The Morgan fingerprint density at radius 3 is 2.50 bits per heavy atom. The second kappa shape index (κ2) is 7.77. The molecule has 4 heteroatoms. The minimum atomic E-state index is -0.0201. The summed E-state index contributed by atoms with van der Waals surface area (Å²) in [7, 11) is 0. The van der Waals surface area contributed by atoms with E-state index < -0.39 is 0 Å². The quantitative estimate of drug-likeness (QED) is 0.824. The third kappa shape index (κ3) is 4.57. The Morgan fingerprint density at radius 2 is 1.82 bits per heavy atom. The molecule has 1 amide bonds. The number of benzene rings is 1. The van der Waals surface area contributed by atoms with E-state index in [2.05, 4.69) is 19.2 Å². The molecule has 0 aromatic heterocycles. The highest BCUT2D eigenvalue weighted by Gasteiger charge is 2.28. The van der Waals surface area contributed by atoms with E-state index in [1.807, 2.05) is 0 Å². The first kappa shape index (κ1) is 17.0. The smallest absolute Gasteiger partial charge is 0.220 e. The molecule has 3 nitrogen and oxygen atoms in total. The minimum absolute atomic E-state index is 0.0168. The second-order valence-electron chi connectivity index (χ2n) is 6.37. The summed E-state index contributed by atoms with van der Waals surface area (Å²) in [4.78, 5) is 24.1. The summed E-state index contributed by atoms with van der Waals surface area (Å²) in [5.74, 6) is 1.12. The Bertz CT molecular complexity index is 526. The van der Waals surface area contributed by atoms with E-state index in [1.165, 1.54) is 12.8 Å². The minimum Gasteiger partial charge on any atom is -0.353 e. The van der Waals surface area contributed by atoms with Gasteiger partial charge in [0.05, 0.1) is 0 Å². The Kier molecular flexibility index (Phi) is 6.01. The number of halogens is 1. The molecule has 2 rings (SSSR count). The van der Waals surface area contributed by atoms with Crippen molar-refractivity contribution in [3.8, 4) is 0 Å². The SMILES string of the molecule is C[C@@H]1[C@H](C)CCC[C@H]1NC(=O)CCC(=O)c1ccc(Cl)cc1. The van der Waals surface area contributed by atoms with Gasteiger partial charge in [-0.05, 0) is 42.5 Å². The molecule has 0 heterocycles. The number of Topliss-reactive ketones (excluding diaryl/α,β-unsaturated/α-hetero) is 1. The zero-order valence-corrected chi connectivity index (χ0v) is 14.0. The molecule has 1 aliphatic carbocycles. The highest BCUT2D eigenvalue weighted by atomic mass is 35.5. The molecule has 0 unspecified atom stereocenters. The van der Waals surface area contributed by atoms with Gasteiger partial charge in [-0.15, -0.1) is 0 Å². The molecule has 1 N–H and O–H groups in total. The molecule has 1 aromatic rings. The van der Waals surface area contributed by atoms with Crippen LogP contribution in [0.15, 0.2) is 24.3 Å². The molecule has 3 atom stereocenters. The Balaban J connectivity index is 1.80. The van der Waals surface area contributed by atoms with Crippen molar-refractivity contribution in [1.29, 1.82) is 0 Å². The van der Waals surface area contributed by atoms with Crippen molar-refractivity contribution in [2.45, 2.75) is 52.0 Å². The van der Waals surface area contributed by atoms with Crippen molar-refractivity contribution >= 4 is 23.3 Å². The largest absolute Gasteiger partial charge is 0.353 e. The van der Waals surface area contributed by atoms with Crippen LogP contribution in [-0.2, 0) is 4.79 Å². The lowest BCUT2D eigenvalue weighted by molar-refractivity contribution is -0.122. The number of carbonyl (C=O) groups is 2. The van der Waals surface area contributed by atoms with Gasteiger partial charge in [0.25, 0.3) is 0 Å². The van der Waals surface area contributed by atoms with E-state index >= 15 is 0 Å². The molecule has 0 spiro atoms. The van der Waals surface area contributed by atoms with Crippen molar-refractivity contribution in [3.05, 3.63) is 34.9 Å². The fourth-order valence-electron chi connectivity index (χ4n) is 3.07. The van der Waals surface area contributed by atoms with Gasteiger partial charge in [0, 0.05) is 29.5 Å². The zero-order valence-electron chi connectivity index (χ0n) is 13.3. The second-order valence-corrected chi connectivity index (χ2v) is 6.81. The summed E-state index contributed by atoms with van der Waals surface area (Å²) < 4.78 is 0. The summed E-state index contributed by atoms with van der Waals surface area (Å²) in [6, 6.07) is 7.04. The van der Waals surface area contributed by atoms with Crippen LogP contribution in [0.25, 0.3) is 0 Å². The van der Waals surface area contributed by atoms with E-state index in [4.69, 9.17) is 11.6 Å². The van der Waals surface area contributed by atoms with Gasteiger partial charge in [0.2, 0.25) is 5.91 Å². The van der Waals surface area contributed by atoms with E-state index in [0.717, 1.165) is 6.42 Å². The Labute approximate surface area is 137 Å². The summed E-state index contributed by atoms with van der Waals surface area (Å²) in [5, 5.41) is 3.71. The van der Waals surface area contributed by atoms with Gasteiger partial charge >= 0.3 is 0 Å². The third-order valence-corrected chi connectivity index (χ3v) is 5.05. The first-order valence-corrected chi connectivity index (χ1v) is 8.43. The van der Waals surface area contributed by atoms with Crippen LogP contribution < -0.4 is 5.32 Å². The van der Waals surface area contributed by atoms with Crippen LogP contribution >= 0.6 is 11.6 Å². The van der Waals surface area contributed by atoms with E-state index in [-0.39, 0.29) is 30.6 Å². The molecular formula is C18H24ClNO2. The molecule has 1 aromatic carbocycles. The average molecular weight is 322 g/mol. The number of ketones is 1. The van der Waals surface area contributed by atoms with E-state index in [0.29, 0.717) is 22.4 Å². The summed E-state index contributed by atoms with van der Waals surface area (Å²) >= 11 is 5.80. The van der Waals surface area contributed by atoms with Crippen LogP contribution in [0.2, 0.25) is 5.02 Å². The number of hydrogen-bond donors (Lipinski definition) is 1. The fourth-order valence-corrected chi connectivity index (χ4v) is 3.20. The average Bonchev–Trinajstić information content (AvgIpc) is 2.50. The topological polar surface area (TPSA) is 46.2 Å². The van der Waals surface area contributed by atoms with Crippen molar-refractivity contribution < 1.29 is 9.59 Å². The van der Waals surface area contributed by atoms with Crippen molar-refractivity contribution in [1.82, 2.24) is 5.32 Å². The Hall–Kier alpha value is -1.35. The number of carbonyl (C=O) groups excluding carboxylic acids is 2. The maximum absolute atomic E-state index is 12.1. The maximum Gasteiger partial charge on any atom is 0.220 e. The predicted molar refractivity (Wildman–Crippen MR) is 89.1 cm³/mol. The lowest BCUT2D eigenvalue weighted by atomic mass is 9.78. The van der Waals surface area contributed by atoms with Crippen LogP contribution in [0, 0.1) is 11.8 Å². The predicted octanol–water partition coefficient (Wildman–Crippen LogP) is 4.24. The summed E-state index contributed by atoms with van der Waals surface area (Å²) in [5.41, 5.74) is 0.608. The van der Waals surface area contributed by atoms with Crippen LogP contribution in [0.5, 0.6) is 0 Å². The third-order valence-electron chi connectivity index (χ3n) is 4.80. The van der Waals surface area contributed by atoms with E-state index in [1.54, 1.807) is 24.3 Å². The van der Waals surface area contributed by atoms with Gasteiger partial charge in [0.15, 0.2) is 5.78 Å². The normalized spacial score (nSPS) is 24.8. The lowest BCUT2D eigenvalue weighted by Crippen LogP contribution is -2.43. The van der Waals surface area contributed by atoms with Crippen LogP contribution in [0.1, 0.15) is 56.3 Å². The molecule has 0 aliphatic heterocycles. The maximum atomic E-state index is 12.1. The lowest BCUT2D eigenvalue weighted by Gasteiger charge is -2.34. The molecule has 0 bridgehead atoms. The molecule has 1 fully saturated rings. The number of rotatable bonds is 5. The summed E-state index contributed by atoms with van der Waals surface area (Å²) in [6.07, 6.45) is 3.94. The van der Waals surface area contributed by atoms with Crippen molar-refractivity contribution in [2.75, 3.05) is 0 Å². The highest BCUT2D eigenvalue weighted by molar-refractivity contribution is 6.30. The molecule has 120 valence electrons. The van der Waals surface area contributed by atoms with Gasteiger partial charge in [-0.25, -0.2) is 0 Å². The molecular weight excluding hydrogens is 298 g/mol. The first-order valence-electron chi connectivity index (χ1n) is 8.05. The van der Waals surface area contributed by atoms with E-state index in [9.17, 15) is 9.59 Å². The molecule has 0 saturated heterocycles. The molecule has 0 radical (unpaired) electrons. The monoisotopic (exact) mass is 321 g/mol. The molecule has 22 heavy (non-hydrogen) atoms. The van der Waals surface area contributed by atoms with Crippen molar-refractivity contribution in [2.24, 2.45) is 11.8 Å². The zero-order chi connectivity index (χ0) is 16.1. The van der Waals surface area contributed by atoms with Gasteiger partial charge < -0.3 is 5.32 Å². The van der Waals surface area contributed by atoms with Crippen LogP contribution in [-0.4, -0.2) is 17.7 Å². The van der Waals surface area contributed by atoms with Crippen molar-refractivity contribution in [3.63, 3.8) is 0 Å². The first-order chi connectivity index (χ1) is 10.5. The molecule has 1 aliphatic rings. The van der Waals surface area contributed by atoms with Gasteiger partial charge in [-0.3, -0.25) is 9.59 Å². The highest BCUT2D eigenvalue weighted by Crippen LogP contribution is 2.29. The van der Waals surface area contributed by atoms with Gasteiger partial charge in [0.1, 0.15) is 0 Å². The van der Waals surface area contributed by atoms with Crippen LogP contribution in [0.4, 0.5) is 0 Å². The van der Waals surface area contributed by atoms with Crippen LogP contribution in [0.3, 0.4) is 0 Å². The van der Waals surface area contributed by atoms with Gasteiger partial charge in [-0.1, -0.05) is 38.3 Å². The number of amides is 1. The molecule has 1 saturated carbocycles. The summed E-state index contributed by atoms with van der Waals surface area (Å²) in [6.45, 7) is 4.45. The van der Waals surface area contributed by atoms with Gasteiger partial charge in [-0.2, -0.15) is 0 Å². The number of nitrogens with one attached hydrogen (secondary N) is 1.